The molecule has 6 nitrogen and oxygen atoms in total. The van der Waals surface area contributed by atoms with Gasteiger partial charge in [0, 0.05) is 36.8 Å². The summed E-state index contributed by atoms with van der Waals surface area (Å²) in [6.07, 6.45) is 0. The van der Waals surface area contributed by atoms with Crippen LogP contribution in [-0.2, 0) is 10.0 Å². The Morgan fingerprint density at radius 2 is 1.52 bits per heavy atom. The average Bonchev–Trinajstić information content (AvgIpc) is 2.84. The Balaban J connectivity index is 1.60. The standard InChI is InChI=1S/C25H26ClN3O3S/c1-28-14-16-29(17-15-28)33(31,32)23-9-5-8-21(18-23)25(30)27-24(19-6-3-2-4-7-19)20-10-12-22(26)13-11-20/h2-13,18,24H,14-17H2,1H3,(H,27,30). The highest BCUT2D eigenvalue weighted by atomic mass is 35.5. The van der Waals surface area contributed by atoms with E-state index in [1.165, 1.54) is 16.4 Å². The van der Waals surface area contributed by atoms with Gasteiger partial charge in [0.05, 0.1) is 10.9 Å². The number of nitrogens with one attached hydrogen (secondary N) is 1. The lowest BCUT2D eigenvalue weighted by molar-refractivity contribution is 0.0942. The van der Waals surface area contributed by atoms with Gasteiger partial charge in [0.1, 0.15) is 0 Å². The number of benzene rings is 3. The van der Waals surface area contributed by atoms with Crippen molar-refractivity contribution in [2.75, 3.05) is 33.2 Å². The first kappa shape index (κ1) is 23.4. The van der Waals surface area contributed by atoms with Gasteiger partial charge in [-0.15, -0.1) is 0 Å². The quantitative estimate of drug-likeness (QED) is 0.579. The molecular formula is C25H26ClN3O3S. The van der Waals surface area contributed by atoms with E-state index in [4.69, 9.17) is 11.6 Å². The summed E-state index contributed by atoms with van der Waals surface area (Å²) < 4.78 is 27.7. The summed E-state index contributed by atoms with van der Waals surface area (Å²) in [5.41, 5.74) is 2.08. The van der Waals surface area contributed by atoms with Gasteiger partial charge in [-0.25, -0.2) is 8.42 Å². The number of carbonyl (C=O) groups is 1. The zero-order valence-electron chi connectivity index (χ0n) is 18.3. The maximum Gasteiger partial charge on any atom is 0.252 e. The molecule has 1 aliphatic rings. The molecule has 3 aromatic carbocycles. The van der Waals surface area contributed by atoms with Crippen LogP contribution in [0.25, 0.3) is 0 Å². The van der Waals surface area contributed by atoms with Crippen molar-refractivity contribution in [2.24, 2.45) is 0 Å². The van der Waals surface area contributed by atoms with Crippen molar-refractivity contribution in [1.29, 1.82) is 0 Å². The number of carbonyl (C=O) groups excluding carboxylic acids is 1. The predicted octanol–water partition coefficient (Wildman–Crippen LogP) is 3.80. The van der Waals surface area contributed by atoms with Gasteiger partial charge in [-0.3, -0.25) is 4.79 Å². The highest BCUT2D eigenvalue weighted by Crippen LogP contribution is 2.25. The number of hydrogen-bond acceptors (Lipinski definition) is 4. The van der Waals surface area contributed by atoms with Gasteiger partial charge < -0.3 is 10.2 Å². The third-order valence-electron chi connectivity index (χ3n) is 5.81. The summed E-state index contributed by atoms with van der Waals surface area (Å²) in [5.74, 6) is -0.353. The first-order valence-corrected chi connectivity index (χ1v) is 12.6. The Morgan fingerprint density at radius 1 is 0.879 bits per heavy atom. The monoisotopic (exact) mass is 483 g/mol. The second kappa shape index (κ2) is 10.1. The molecule has 0 spiro atoms. The minimum absolute atomic E-state index is 0.127. The summed E-state index contributed by atoms with van der Waals surface area (Å²) >= 11 is 6.05. The molecule has 8 heteroatoms. The van der Waals surface area contributed by atoms with Gasteiger partial charge in [-0.1, -0.05) is 60.1 Å². The Hall–Kier alpha value is -2.71. The molecule has 1 unspecified atom stereocenters. The third kappa shape index (κ3) is 5.45. The lowest BCUT2D eigenvalue weighted by Gasteiger charge is -2.31. The molecule has 0 aliphatic carbocycles. The zero-order valence-corrected chi connectivity index (χ0v) is 19.9. The van der Waals surface area contributed by atoms with E-state index in [1.807, 2.05) is 49.5 Å². The second-order valence-corrected chi connectivity index (χ2v) is 10.5. The number of halogens is 1. The molecule has 4 rings (SSSR count). The largest absolute Gasteiger partial charge is 0.341 e. The van der Waals surface area contributed by atoms with Gasteiger partial charge in [-0.2, -0.15) is 4.31 Å². The van der Waals surface area contributed by atoms with Crippen molar-refractivity contribution in [3.8, 4) is 0 Å². The fourth-order valence-electron chi connectivity index (χ4n) is 3.85. The van der Waals surface area contributed by atoms with Gasteiger partial charge in [-0.05, 0) is 48.5 Å². The highest BCUT2D eigenvalue weighted by Gasteiger charge is 2.28. The van der Waals surface area contributed by atoms with E-state index in [2.05, 4.69) is 10.2 Å². The third-order valence-corrected chi connectivity index (χ3v) is 7.95. The number of likely N-dealkylation sites (N-methyl/N-ethyl adjacent to an activating group) is 1. The molecule has 0 aromatic heterocycles. The van der Waals surface area contributed by atoms with Crippen LogP contribution in [0, 0.1) is 0 Å². The van der Waals surface area contributed by atoms with Crippen molar-refractivity contribution in [2.45, 2.75) is 10.9 Å². The van der Waals surface area contributed by atoms with Crippen molar-refractivity contribution >= 4 is 27.5 Å². The van der Waals surface area contributed by atoms with E-state index >= 15 is 0 Å². The molecule has 1 N–H and O–H groups in total. The number of hydrogen-bond donors (Lipinski definition) is 1. The lowest BCUT2D eigenvalue weighted by atomic mass is 9.98. The molecule has 0 radical (unpaired) electrons. The van der Waals surface area contributed by atoms with Gasteiger partial charge in [0.25, 0.3) is 5.91 Å². The first-order valence-electron chi connectivity index (χ1n) is 10.7. The second-order valence-electron chi connectivity index (χ2n) is 8.10. The van der Waals surface area contributed by atoms with Gasteiger partial charge in [0.2, 0.25) is 10.0 Å². The molecule has 1 heterocycles. The fourth-order valence-corrected chi connectivity index (χ4v) is 5.44. The van der Waals surface area contributed by atoms with E-state index in [1.54, 1.807) is 24.3 Å². The minimum atomic E-state index is -3.67. The van der Waals surface area contributed by atoms with Crippen LogP contribution in [0.15, 0.2) is 83.8 Å². The number of amides is 1. The van der Waals surface area contributed by atoms with Crippen LogP contribution in [0.5, 0.6) is 0 Å². The Kier molecular flexibility index (Phi) is 7.14. The van der Waals surface area contributed by atoms with Crippen molar-refractivity contribution < 1.29 is 13.2 Å². The molecule has 1 atom stereocenters. The topological polar surface area (TPSA) is 69.7 Å². The first-order chi connectivity index (χ1) is 15.8. The van der Waals surface area contributed by atoms with Crippen LogP contribution >= 0.6 is 11.6 Å². The molecular weight excluding hydrogens is 458 g/mol. The molecule has 33 heavy (non-hydrogen) atoms. The van der Waals surface area contributed by atoms with Crippen LogP contribution in [-0.4, -0.2) is 56.8 Å². The summed E-state index contributed by atoms with van der Waals surface area (Å²) in [7, 11) is -1.70. The van der Waals surface area contributed by atoms with Gasteiger partial charge >= 0.3 is 0 Å². The van der Waals surface area contributed by atoms with E-state index in [9.17, 15) is 13.2 Å². The summed E-state index contributed by atoms with van der Waals surface area (Å²) in [6, 6.07) is 22.7. The molecule has 0 bridgehead atoms. The van der Waals surface area contributed by atoms with Crippen LogP contribution < -0.4 is 5.32 Å². The normalized spacial score (nSPS) is 16.3. The number of piperazine rings is 1. The summed E-state index contributed by atoms with van der Waals surface area (Å²) in [6.45, 7) is 2.22. The molecule has 1 fully saturated rings. The van der Waals surface area contributed by atoms with Crippen LogP contribution in [0.2, 0.25) is 5.02 Å². The smallest absolute Gasteiger partial charge is 0.252 e. The van der Waals surface area contributed by atoms with Crippen molar-refractivity contribution in [3.05, 3.63) is 101 Å². The van der Waals surface area contributed by atoms with Gasteiger partial charge in [0.15, 0.2) is 0 Å². The predicted molar refractivity (Wildman–Crippen MR) is 130 cm³/mol. The molecule has 3 aromatic rings. The maximum absolute atomic E-state index is 13.2. The Bertz CT molecular complexity index is 1210. The van der Waals surface area contributed by atoms with Crippen LogP contribution in [0.1, 0.15) is 27.5 Å². The molecule has 1 amide bonds. The summed E-state index contributed by atoms with van der Waals surface area (Å²) in [4.78, 5) is 15.4. The Labute approximate surface area is 199 Å². The molecule has 1 saturated heterocycles. The molecule has 172 valence electrons. The van der Waals surface area contributed by atoms with E-state index in [0.717, 1.165) is 11.1 Å². The number of sulfonamides is 1. The van der Waals surface area contributed by atoms with Crippen molar-refractivity contribution in [1.82, 2.24) is 14.5 Å². The molecule has 0 saturated carbocycles. The molecule has 1 aliphatic heterocycles. The minimum Gasteiger partial charge on any atom is -0.341 e. The van der Waals surface area contributed by atoms with Crippen LogP contribution in [0.3, 0.4) is 0 Å². The lowest BCUT2D eigenvalue weighted by Crippen LogP contribution is -2.47. The SMILES string of the molecule is CN1CCN(S(=O)(=O)c2cccc(C(=O)NC(c3ccccc3)c3ccc(Cl)cc3)c2)CC1. The zero-order chi connectivity index (χ0) is 23.4. The average molecular weight is 484 g/mol. The van der Waals surface area contributed by atoms with Crippen molar-refractivity contribution in [3.63, 3.8) is 0 Å². The summed E-state index contributed by atoms with van der Waals surface area (Å²) in [5, 5.41) is 3.66. The highest BCUT2D eigenvalue weighted by molar-refractivity contribution is 7.89. The number of rotatable bonds is 6. The van der Waals surface area contributed by atoms with E-state index < -0.39 is 16.1 Å². The van der Waals surface area contributed by atoms with E-state index in [-0.39, 0.29) is 10.8 Å². The van der Waals surface area contributed by atoms with E-state index in [0.29, 0.717) is 36.8 Å². The maximum atomic E-state index is 13.2. The number of nitrogens with zero attached hydrogens (tertiary/aromatic N) is 2. The van der Waals surface area contributed by atoms with Crippen LogP contribution in [0.4, 0.5) is 0 Å². The Morgan fingerprint density at radius 3 is 2.18 bits per heavy atom. The fraction of sp³-hybridized carbons (Fsp3) is 0.240.